The van der Waals surface area contributed by atoms with Crippen molar-refractivity contribution in [1.29, 1.82) is 0 Å². The Morgan fingerprint density at radius 3 is 2.57 bits per heavy atom. The molecule has 2 unspecified atom stereocenters. The van der Waals surface area contributed by atoms with E-state index in [0.717, 1.165) is 44.7 Å². The summed E-state index contributed by atoms with van der Waals surface area (Å²) in [5.74, 6) is -0.204. The Labute approximate surface area is 127 Å². The van der Waals surface area contributed by atoms with Gasteiger partial charge in [-0.1, -0.05) is 19.1 Å². The van der Waals surface area contributed by atoms with Crippen molar-refractivity contribution in [2.75, 3.05) is 32.7 Å². The van der Waals surface area contributed by atoms with Gasteiger partial charge in [-0.25, -0.2) is 4.39 Å². The van der Waals surface area contributed by atoms with E-state index in [2.05, 4.69) is 23.6 Å². The average molecular weight is 293 g/mol. The Morgan fingerprint density at radius 1 is 1.24 bits per heavy atom. The van der Waals surface area contributed by atoms with Crippen molar-refractivity contribution in [2.24, 2.45) is 5.73 Å². The third kappa shape index (κ3) is 4.77. The molecule has 0 aliphatic carbocycles. The zero-order chi connectivity index (χ0) is 15.2. The molecule has 1 aromatic rings. The third-order valence-corrected chi connectivity index (χ3v) is 4.65. The standard InChI is InChI=1S/C17H28FN3/c1-3-14(2)21-11-9-20(10-12-21)8-7-17(19)15-5-4-6-16(18)13-15/h4-6,13-14,17H,3,7-12,19H2,1-2H3. The maximum Gasteiger partial charge on any atom is 0.123 e. The molecule has 2 atom stereocenters. The molecule has 0 amide bonds. The van der Waals surface area contributed by atoms with Crippen LogP contribution < -0.4 is 5.73 Å². The molecule has 2 rings (SSSR count). The van der Waals surface area contributed by atoms with Crippen LogP contribution in [0.15, 0.2) is 24.3 Å². The molecule has 21 heavy (non-hydrogen) atoms. The highest BCUT2D eigenvalue weighted by Gasteiger charge is 2.20. The van der Waals surface area contributed by atoms with Crippen LogP contribution in [-0.4, -0.2) is 48.6 Å². The van der Waals surface area contributed by atoms with Gasteiger partial charge in [0.2, 0.25) is 0 Å². The van der Waals surface area contributed by atoms with Crippen LogP contribution >= 0.6 is 0 Å². The summed E-state index contributed by atoms with van der Waals surface area (Å²) in [5, 5.41) is 0. The Balaban J connectivity index is 1.74. The smallest absolute Gasteiger partial charge is 0.123 e. The average Bonchev–Trinajstić information content (AvgIpc) is 2.52. The normalized spacial score (nSPS) is 20.4. The zero-order valence-electron chi connectivity index (χ0n) is 13.3. The van der Waals surface area contributed by atoms with Crippen molar-refractivity contribution >= 4 is 0 Å². The number of hydrogen-bond acceptors (Lipinski definition) is 3. The highest BCUT2D eigenvalue weighted by Crippen LogP contribution is 2.16. The predicted molar refractivity (Wildman–Crippen MR) is 85.7 cm³/mol. The van der Waals surface area contributed by atoms with Gasteiger partial charge in [0.1, 0.15) is 5.82 Å². The summed E-state index contributed by atoms with van der Waals surface area (Å²) >= 11 is 0. The van der Waals surface area contributed by atoms with Crippen molar-refractivity contribution in [3.63, 3.8) is 0 Å². The van der Waals surface area contributed by atoms with Gasteiger partial charge >= 0.3 is 0 Å². The molecule has 2 N–H and O–H groups in total. The van der Waals surface area contributed by atoms with E-state index in [1.54, 1.807) is 12.1 Å². The van der Waals surface area contributed by atoms with Gasteiger partial charge in [0, 0.05) is 44.8 Å². The van der Waals surface area contributed by atoms with E-state index < -0.39 is 0 Å². The highest BCUT2D eigenvalue weighted by atomic mass is 19.1. The molecule has 0 bridgehead atoms. The van der Waals surface area contributed by atoms with Crippen molar-refractivity contribution in [2.45, 2.75) is 38.8 Å². The lowest BCUT2D eigenvalue weighted by molar-refractivity contribution is 0.0987. The first-order valence-corrected chi connectivity index (χ1v) is 8.07. The Bertz CT molecular complexity index is 430. The minimum atomic E-state index is -0.204. The number of nitrogens with zero attached hydrogens (tertiary/aromatic N) is 2. The second-order valence-corrected chi connectivity index (χ2v) is 6.09. The molecule has 118 valence electrons. The van der Waals surface area contributed by atoms with E-state index in [1.165, 1.54) is 12.5 Å². The minimum Gasteiger partial charge on any atom is -0.324 e. The molecule has 4 heteroatoms. The van der Waals surface area contributed by atoms with Crippen molar-refractivity contribution in [3.8, 4) is 0 Å². The molecule has 0 radical (unpaired) electrons. The molecular weight excluding hydrogens is 265 g/mol. The Hall–Kier alpha value is -0.970. The molecule has 1 heterocycles. The Morgan fingerprint density at radius 2 is 1.95 bits per heavy atom. The van der Waals surface area contributed by atoms with Crippen LogP contribution in [0.1, 0.15) is 38.3 Å². The van der Waals surface area contributed by atoms with Gasteiger partial charge in [-0.2, -0.15) is 0 Å². The lowest BCUT2D eigenvalue weighted by Crippen LogP contribution is -2.49. The molecule has 1 aliphatic heterocycles. The van der Waals surface area contributed by atoms with Gasteiger partial charge in [-0.15, -0.1) is 0 Å². The fourth-order valence-corrected chi connectivity index (χ4v) is 2.91. The van der Waals surface area contributed by atoms with Crippen LogP contribution in [0.3, 0.4) is 0 Å². The van der Waals surface area contributed by atoms with Crippen LogP contribution in [-0.2, 0) is 0 Å². The SMILES string of the molecule is CCC(C)N1CCN(CCC(N)c2cccc(F)c2)CC1. The van der Waals surface area contributed by atoms with E-state index in [0.29, 0.717) is 6.04 Å². The minimum absolute atomic E-state index is 0.0757. The summed E-state index contributed by atoms with van der Waals surface area (Å²) in [5.41, 5.74) is 7.07. The van der Waals surface area contributed by atoms with Crippen LogP contribution in [0, 0.1) is 5.82 Å². The van der Waals surface area contributed by atoms with Gasteiger partial charge in [0.15, 0.2) is 0 Å². The fourth-order valence-electron chi connectivity index (χ4n) is 2.91. The second-order valence-electron chi connectivity index (χ2n) is 6.09. The number of hydrogen-bond donors (Lipinski definition) is 1. The lowest BCUT2D eigenvalue weighted by Gasteiger charge is -2.38. The molecule has 0 aromatic heterocycles. The summed E-state index contributed by atoms with van der Waals surface area (Å²) in [6.45, 7) is 10.0. The van der Waals surface area contributed by atoms with E-state index >= 15 is 0 Å². The number of halogens is 1. The van der Waals surface area contributed by atoms with Crippen LogP contribution in [0.5, 0.6) is 0 Å². The molecule has 3 nitrogen and oxygen atoms in total. The van der Waals surface area contributed by atoms with Gasteiger partial charge in [-0.05, 0) is 37.5 Å². The van der Waals surface area contributed by atoms with Crippen molar-refractivity contribution in [3.05, 3.63) is 35.6 Å². The van der Waals surface area contributed by atoms with Gasteiger partial charge in [-0.3, -0.25) is 4.90 Å². The summed E-state index contributed by atoms with van der Waals surface area (Å²) in [4.78, 5) is 5.03. The summed E-state index contributed by atoms with van der Waals surface area (Å²) in [7, 11) is 0. The van der Waals surface area contributed by atoms with Crippen LogP contribution in [0.2, 0.25) is 0 Å². The predicted octanol–water partition coefficient (Wildman–Crippen LogP) is 2.63. The molecule has 1 aliphatic rings. The first-order valence-electron chi connectivity index (χ1n) is 8.07. The molecule has 1 saturated heterocycles. The second kappa shape index (κ2) is 7.87. The van der Waals surface area contributed by atoms with Crippen LogP contribution in [0.4, 0.5) is 4.39 Å². The number of rotatable bonds is 6. The largest absolute Gasteiger partial charge is 0.324 e. The number of nitrogens with two attached hydrogens (primary N) is 1. The molecule has 0 saturated carbocycles. The van der Waals surface area contributed by atoms with Crippen molar-refractivity contribution < 1.29 is 4.39 Å². The molecule has 0 spiro atoms. The monoisotopic (exact) mass is 293 g/mol. The summed E-state index contributed by atoms with van der Waals surface area (Å²) in [6.07, 6.45) is 2.09. The highest BCUT2D eigenvalue weighted by molar-refractivity contribution is 5.19. The number of piperazine rings is 1. The zero-order valence-corrected chi connectivity index (χ0v) is 13.3. The van der Waals surface area contributed by atoms with Gasteiger partial charge in [0.25, 0.3) is 0 Å². The lowest BCUT2D eigenvalue weighted by atomic mass is 10.0. The fraction of sp³-hybridized carbons (Fsp3) is 0.647. The topological polar surface area (TPSA) is 32.5 Å². The van der Waals surface area contributed by atoms with E-state index in [1.807, 2.05) is 6.07 Å². The molecular formula is C17H28FN3. The summed E-state index contributed by atoms with van der Waals surface area (Å²) in [6, 6.07) is 7.26. The number of benzene rings is 1. The molecule has 1 fully saturated rings. The van der Waals surface area contributed by atoms with E-state index in [9.17, 15) is 4.39 Å². The first-order chi connectivity index (χ1) is 10.1. The van der Waals surface area contributed by atoms with Crippen molar-refractivity contribution in [1.82, 2.24) is 9.80 Å². The summed E-state index contributed by atoms with van der Waals surface area (Å²) < 4.78 is 13.2. The quantitative estimate of drug-likeness (QED) is 0.875. The first kappa shape index (κ1) is 16.4. The third-order valence-electron chi connectivity index (χ3n) is 4.65. The van der Waals surface area contributed by atoms with E-state index in [4.69, 9.17) is 5.73 Å². The maximum atomic E-state index is 13.2. The van der Waals surface area contributed by atoms with Gasteiger partial charge < -0.3 is 10.6 Å². The van der Waals surface area contributed by atoms with Crippen LogP contribution in [0.25, 0.3) is 0 Å². The van der Waals surface area contributed by atoms with Gasteiger partial charge in [0.05, 0.1) is 0 Å². The maximum absolute atomic E-state index is 13.2. The molecule has 1 aromatic carbocycles. The van der Waals surface area contributed by atoms with E-state index in [-0.39, 0.29) is 11.9 Å². The Kier molecular flexibility index (Phi) is 6.15.